The Morgan fingerprint density at radius 2 is 1.92 bits per heavy atom. The molecule has 1 aliphatic heterocycles. The number of carbonyl (C=O) groups is 2. The van der Waals surface area contributed by atoms with Crippen molar-refractivity contribution in [2.24, 2.45) is 0 Å². The number of hydrogen-bond donors (Lipinski definition) is 1. The van der Waals surface area contributed by atoms with Gasteiger partial charge in [-0.25, -0.2) is 0 Å². The van der Waals surface area contributed by atoms with E-state index in [4.69, 9.17) is 4.52 Å². The molecule has 0 spiro atoms. The Morgan fingerprint density at radius 1 is 1.25 bits per heavy atom. The first-order valence-electron chi connectivity index (χ1n) is 8.68. The molecule has 0 aromatic carbocycles. The van der Waals surface area contributed by atoms with E-state index in [1.54, 1.807) is 6.92 Å². The molecule has 1 aromatic heterocycles. The van der Waals surface area contributed by atoms with Crippen LogP contribution in [0, 0.1) is 6.92 Å². The predicted octanol–water partition coefficient (Wildman–Crippen LogP) is 1.39. The fourth-order valence-electron chi connectivity index (χ4n) is 2.90. The van der Waals surface area contributed by atoms with Crippen LogP contribution < -0.4 is 5.32 Å². The first kappa shape index (κ1) is 18.4. The molecule has 0 saturated carbocycles. The highest BCUT2D eigenvalue weighted by Gasteiger charge is 2.23. The molecule has 1 aromatic rings. The molecule has 1 N–H and O–H groups in total. The van der Waals surface area contributed by atoms with Gasteiger partial charge < -0.3 is 19.6 Å². The van der Waals surface area contributed by atoms with E-state index in [0.717, 1.165) is 32.7 Å². The van der Waals surface area contributed by atoms with Gasteiger partial charge in [0.05, 0.1) is 5.69 Å². The summed E-state index contributed by atoms with van der Waals surface area (Å²) in [7, 11) is 0. The summed E-state index contributed by atoms with van der Waals surface area (Å²) in [6, 6.07) is 0. The second-order valence-electron chi connectivity index (χ2n) is 6.48. The van der Waals surface area contributed by atoms with Crippen LogP contribution in [0.4, 0.5) is 0 Å². The average Bonchev–Trinajstić information content (AvgIpc) is 2.96. The van der Waals surface area contributed by atoms with Crippen molar-refractivity contribution in [2.75, 3.05) is 39.3 Å². The lowest BCUT2D eigenvalue weighted by molar-refractivity contribution is -0.132. The summed E-state index contributed by atoms with van der Waals surface area (Å²) in [5.41, 5.74) is 1.08. The summed E-state index contributed by atoms with van der Waals surface area (Å²) in [5.74, 6) is 0.550. The molecule has 134 valence electrons. The van der Waals surface area contributed by atoms with Crippen LogP contribution >= 0.6 is 0 Å². The van der Waals surface area contributed by atoms with E-state index < -0.39 is 0 Å². The highest BCUT2D eigenvalue weighted by molar-refractivity contribution is 5.96. The minimum Gasteiger partial charge on any atom is -0.360 e. The van der Waals surface area contributed by atoms with Crippen molar-refractivity contribution in [3.63, 3.8) is 0 Å². The molecule has 2 amide bonds. The van der Waals surface area contributed by atoms with E-state index in [1.807, 2.05) is 18.7 Å². The van der Waals surface area contributed by atoms with Gasteiger partial charge >= 0.3 is 0 Å². The number of amides is 2. The molecule has 0 unspecified atom stereocenters. The van der Waals surface area contributed by atoms with E-state index in [0.29, 0.717) is 30.0 Å². The minimum absolute atomic E-state index is 0.0865. The van der Waals surface area contributed by atoms with E-state index in [9.17, 15) is 9.59 Å². The van der Waals surface area contributed by atoms with Gasteiger partial charge in [-0.15, -0.1) is 0 Å². The number of hydrogen-bond acceptors (Lipinski definition) is 5. The Balaban J connectivity index is 1.81. The summed E-state index contributed by atoms with van der Waals surface area (Å²) >= 11 is 0. The maximum atomic E-state index is 12.3. The van der Waals surface area contributed by atoms with Crippen LogP contribution in [0.25, 0.3) is 0 Å². The monoisotopic (exact) mass is 336 g/mol. The van der Waals surface area contributed by atoms with Gasteiger partial charge in [-0.05, 0) is 13.5 Å². The number of likely N-dealkylation sites (N-methyl/N-ethyl adjacent to an activating group) is 1. The molecule has 24 heavy (non-hydrogen) atoms. The van der Waals surface area contributed by atoms with Gasteiger partial charge in [0, 0.05) is 45.1 Å². The average molecular weight is 336 g/mol. The fraction of sp³-hybridized carbons (Fsp3) is 0.706. The van der Waals surface area contributed by atoms with Crippen molar-refractivity contribution >= 4 is 11.8 Å². The van der Waals surface area contributed by atoms with E-state index in [-0.39, 0.29) is 17.7 Å². The maximum Gasteiger partial charge on any atom is 0.256 e. The second-order valence-corrected chi connectivity index (χ2v) is 6.48. The fourth-order valence-corrected chi connectivity index (χ4v) is 2.90. The van der Waals surface area contributed by atoms with Crippen LogP contribution in [0.2, 0.25) is 0 Å². The van der Waals surface area contributed by atoms with Crippen LogP contribution in [-0.4, -0.2) is 66.0 Å². The Bertz CT molecular complexity index is 574. The zero-order valence-electron chi connectivity index (χ0n) is 15.1. The number of rotatable bonds is 6. The van der Waals surface area contributed by atoms with Crippen LogP contribution in [0.15, 0.2) is 4.52 Å². The van der Waals surface area contributed by atoms with Crippen molar-refractivity contribution in [2.45, 2.75) is 40.0 Å². The lowest BCUT2D eigenvalue weighted by atomic mass is 10.0. The third-order valence-corrected chi connectivity index (χ3v) is 4.44. The zero-order valence-corrected chi connectivity index (χ0v) is 15.1. The second kappa shape index (κ2) is 8.28. The van der Waals surface area contributed by atoms with Gasteiger partial charge in [0.1, 0.15) is 5.56 Å². The van der Waals surface area contributed by atoms with E-state index >= 15 is 0 Å². The number of carbonyl (C=O) groups excluding carboxylic acids is 2. The van der Waals surface area contributed by atoms with Crippen LogP contribution in [0.1, 0.15) is 54.9 Å². The van der Waals surface area contributed by atoms with Gasteiger partial charge in [-0.3, -0.25) is 9.59 Å². The van der Waals surface area contributed by atoms with E-state index in [2.05, 4.69) is 22.3 Å². The number of nitrogens with one attached hydrogen (secondary N) is 1. The Labute approximate surface area is 143 Å². The van der Waals surface area contributed by atoms with Crippen LogP contribution in [0.3, 0.4) is 0 Å². The van der Waals surface area contributed by atoms with Crippen molar-refractivity contribution in [1.29, 1.82) is 0 Å². The highest BCUT2D eigenvalue weighted by Crippen LogP contribution is 2.21. The lowest BCUT2D eigenvalue weighted by Gasteiger charge is -2.34. The number of aryl methyl sites for hydroxylation is 1. The Morgan fingerprint density at radius 3 is 2.50 bits per heavy atom. The molecule has 0 bridgehead atoms. The van der Waals surface area contributed by atoms with Gasteiger partial charge in [0.15, 0.2) is 5.76 Å². The summed E-state index contributed by atoms with van der Waals surface area (Å²) in [5, 5.41) is 6.69. The molecule has 2 heterocycles. The smallest absolute Gasteiger partial charge is 0.256 e. The minimum atomic E-state index is -0.221. The summed E-state index contributed by atoms with van der Waals surface area (Å²) < 4.78 is 5.23. The van der Waals surface area contributed by atoms with Crippen molar-refractivity contribution in [1.82, 2.24) is 20.3 Å². The quantitative estimate of drug-likeness (QED) is 0.849. The molecule has 1 saturated heterocycles. The molecule has 7 nitrogen and oxygen atoms in total. The third kappa shape index (κ3) is 4.35. The highest BCUT2D eigenvalue weighted by atomic mass is 16.5. The SMILES string of the molecule is CCN1CCN(C(=O)CCNC(=O)c2c(C)noc2C(C)C)CC1. The molecule has 1 fully saturated rings. The normalized spacial score (nSPS) is 15.8. The summed E-state index contributed by atoms with van der Waals surface area (Å²) in [4.78, 5) is 28.8. The first-order chi connectivity index (χ1) is 11.4. The maximum absolute atomic E-state index is 12.3. The molecule has 7 heteroatoms. The molecule has 1 aliphatic rings. The van der Waals surface area contributed by atoms with Gasteiger partial charge in [0.2, 0.25) is 5.91 Å². The molecule has 0 atom stereocenters. The summed E-state index contributed by atoms with van der Waals surface area (Å²) in [6.07, 6.45) is 0.319. The first-order valence-corrected chi connectivity index (χ1v) is 8.68. The van der Waals surface area contributed by atoms with Gasteiger partial charge in [0.25, 0.3) is 5.91 Å². The van der Waals surface area contributed by atoms with Crippen molar-refractivity contribution in [3.05, 3.63) is 17.0 Å². The molecule has 2 rings (SSSR count). The lowest BCUT2D eigenvalue weighted by Crippen LogP contribution is -2.49. The Hall–Kier alpha value is -1.89. The molecular weight excluding hydrogens is 308 g/mol. The molecule has 0 radical (unpaired) electrons. The number of nitrogens with zero attached hydrogens (tertiary/aromatic N) is 3. The van der Waals surface area contributed by atoms with Gasteiger partial charge in [-0.1, -0.05) is 25.9 Å². The van der Waals surface area contributed by atoms with Crippen LogP contribution in [0.5, 0.6) is 0 Å². The topological polar surface area (TPSA) is 78.7 Å². The number of piperazine rings is 1. The largest absolute Gasteiger partial charge is 0.360 e. The molecular formula is C17H28N4O3. The number of aromatic nitrogens is 1. The molecule has 0 aliphatic carbocycles. The predicted molar refractivity (Wildman–Crippen MR) is 91.0 cm³/mol. The standard InChI is InChI=1S/C17H28N4O3/c1-5-20-8-10-21(11-9-20)14(22)6-7-18-17(23)15-13(4)19-24-16(15)12(2)3/h12H,5-11H2,1-4H3,(H,18,23). The van der Waals surface area contributed by atoms with Crippen LogP contribution in [-0.2, 0) is 4.79 Å². The van der Waals surface area contributed by atoms with E-state index in [1.165, 1.54) is 0 Å². The zero-order chi connectivity index (χ0) is 17.7. The van der Waals surface area contributed by atoms with Crippen molar-refractivity contribution < 1.29 is 14.1 Å². The summed E-state index contributed by atoms with van der Waals surface area (Å²) in [6.45, 7) is 12.5. The van der Waals surface area contributed by atoms with Gasteiger partial charge in [-0.2, -0.15) is 0 Å². The Kier molecular flexibility index (Phi) is 6.36. The van der Waals surface area contributed by atoms with Crippen molar-refractivity contribution in [3.8, 4) is 0 Å². The third-order valence-electron chi connectivity index (χ3n) is 4.44.